The van der Waals surface area contributed by atoms with Gasteiger partial charge < -0.3 is 20.3 Å². The number of carbonyl (C=O) groups is 2. The van der Waals surface area contributed by atoms with Gasteiger partial charge in [-0.15, -0.1) is 10.2 Å². The fourth-order valence-electron chi connectivity index (χ4n) is 2.76. The third kappa shape index (κ3) is 6.07. The van der Waals surface area contributed by atoms with Crippen LogP contribution in [-0.2, 0) is 23.1 Å². The lowest BCUT2D eigenvalue weighted by atomic mass is 10.1. The van der Waals surface area contributed by atoms with E-state index in [0.29, 0.717) is 18.9 Å². The van der Waals surface area contributed by atoms with Crippen molar-refractivity contribution >= 4 is 29.3 Å². The number of amides is 1. The minimum atomic E-state index is -0.833. The van der Waals surface area contributed by atoms with E-state index in [-0.39, 0.29) is 5.91 Å². The maximum Gasteiger partial charge on any atom is 0.300 e. The topological polar surface area (TPSA) is 114 Å². The van der Waals surface area contributed by atoms with Crippen LogP contribution in [0.2, 0.25) is 0 Å². The first-order valence-electron chi connectivity index (χ1n) is 8.68. The highest BCUT2D eigenvalue weighted by Gasteiger charge is 2.30. The van der Waals surface area contributed by atoms with Gasteiger partial charge in [0.25, 0.3) is 5.97 Å². The second-order valence-corrected chi connectivity index (χ2v) is 7.22. The number of carboxylic acids is 1. The molecule has 1 atom stereocenters. The van der Waals surface area contributed by atoms with Crippen molar-refractivity contribution in [3.63, 3.8) is 0 Å². The molecule has 1 aromatic heterocycles. The molecule has 0 saturated carbocycles. The lowest BCUT2D eigenvalue weighted by Crippen LogP contribution is -2.24. The number of aromatic nitrogens is 3. The summed E-state index contributed by atoms with van der Waals surface area (Å²) in [4.78, 5) is 23.1. The molecule has 1 fully saturated rings. The van der Waals surface area contributed by atoms with Crippen LogP contribution in [0.25, 0.3) is 0 Å². The van der Waals surface area contributed by atoms with E-state index in [1.165, 1.54) is 0 Å². The third-order valence-electron chi connectivity index (χ3n) is 4.01. The first-order valence-corrected chi connectivity index (χ1v) is 9.67. The van der Waals surface area contributed by atoms with Crippen LogP contribution in [0.15, 0.2) is 35.5 Å². The van der Waals surface area contributed by atoms with Crippen LogP contribution in [-0.4, -0.2) is 50.6 Å². The maximum atomic E-state index is 12.2. The van der Waals surface area contributed by atoms with Crippen molar-refractivity contribution in [2.45, 2.75) is 24.9 Å². The van der Waals surface area contributed by atoms with Crippen LogP contribution >= 0.6 is 11.8 Å². The van der Waals surface area contributed by atoms with Crippen LogP contribution in [0.3, 0.4) is 0 Å². The lowest BCUT2D eigenvalue weighted by molar-refractivity contribution is -0.134. The van der Waals surface area contributed by atoms with Crippen LogP contribution in [0.1, 0.15) is 19.2 Å². The van der Waals surface area contributed by atoms with Gasteiger partial charge in [-0.25, -0.2) is 0 Å². The molecule has 1 aliphatic heterocycles. The predicted molar refractivity (Wildman–Crippen MR) is 105 cm³/mol. The smallest absolute Gasteiger partial charge is 0.300 e. The summed E-state index contributed by atoms with van der Waals surface area (Å²) in [6.45, 7) is 2.42. The van der Waals surface area contributed by atoms with Crippen molar-refractivity contribution in [2.24, 2.45) is 18.7 Å². The van der Waals surface area contributed by atoms with E-state index in [4.69, 9.17) is 15.6 Å². The van der Waals surface area contributed by atoms with Gasteiger partial charge in [0.1, 0.15) is 5.82 Å². The predicted octanol–water partition coefficient (Wildman–Crippen LogP) is 1.55. The standard InChI is InChI=1S/C16H21N5OS.C2H4O2/c1-20-14(7-8-17)18-19-16(20)23-11-12-9-15(22)21(10-12)13-5-3-2-4-6-13;1-2(3)4/h2-6,12H,7-11,17H2,1H3;1H3,(H,3,4). The molecule has 0 radical (unpaired) electrons. The van der Waals surface area contributed by atoms with Crippen LogP contribution in [0.5, 0.6) is 0 Å². The van der Waals surface area contributed by atoms with E-state index in [1.54, 1.807) is 11.8 Å². The average molecular weight is 391 g/mol. The fraction of sp³-hybridized carbons (Fsp3) is 0.444. The fourth-order valence-corrected chi connectivity index (χ4v) is 3.77. The Morgan fingerprint density at radius 2 is 2.00 bits per heavy atom. The van der Waals surface area contributed by atoms with Gasteiger partial charge in [0.05, 0.1) is 0 Å². The molecule has 146 valence electrons. The molecule has 2 heterocycles. The number of hydrogen-bond acceptors (Lipinski definition) is 6. The van der Waals surface area contributed by atoms with Gasteiger partial charge in [-0.3, -0.25) is 9.59 Å². The van der Waals surface area contributed by atoms with Crippen molar-refractivity contribution in [3.05, 3.63) is 36.2 Å². The largest absolute Gasteiger partial charge is 0.481 e. The number of hydrogen-bond donors (Lipinski definition) is 2. The molecule has 1 aromatic carbocycles. The Balaban J connectivity index is 0.000000596. The molecule has 1 saturated heterocycles. The Kier molecular flexibility index (Phi) is 7.81. The number of carboxylic acid groups (broad SMARTS) is 1. The third-order valence-corrected chi connectivity index (χ3v) is 5.27. The highest BCUT2D eigenvalue weighted by Crippen LogP contribution is 2.29. The van der Waals surface area contributed by atoms with Crippen LogP contribution < -0.4 is 10.6 Å². The van der Waals surface area contributed by atoms with Crippen molar-refractivity contribution in [1.29, 1.82) is 0 Å². The summed E-state index contributed by atoms with van der Waals surface area (Å²) < 4.78 is 1.99. The number of thioether (sulfide) groups is 1. The molecule has 1 aliphatic rings. The first kappa shape index (κ1) is 20.9. The van der Waals surface area contributed by atoms with E-state index in [9.17, 15) is 4.79 Å². The summed E-state index contributed by atoms with van der Waals surface area (Å²) in [7, 11) is 1.96. The SMILES string of the molecule is CC(=O)O.Cn1c(CCN)nnc1SCC1CC(=O)N(c2ccccc2)C1. The number of carbonyl (C=O) groups excluding carboxylic acids is 1. The number of nitrogens with two attached hydrogens (primary N) is 1. The van der Waals surface area contributed by atoms with Gasteiger partial charge in [0, 0.05) is 44.8 Å². The molecule has 3 rings (SSSR count). The zero-order chi connectivity index (χ0) is 19.8. The summed E-state index contributed by atoms with van der Waals surface area (Å²) in [5, 5.41) is 16.7. The first-order chi connectivity index (χ1) is 12.9. The van der Waals surface area contributed by atoms with Gasteiger partial charge >= 0.3 is 0 Å². The Bertz CT molecular complexity index is 762. The Hall–Kier alpha value is -2.39. The van der Waals surface area contributed by atoms with Crippen molar-refractivity contribution < 1.29 is 14.7 Å². The van der Waals surface area contributed by atoms with Crippen LogP contribution in [0.4, 0.5) is 5.69 Å². The van der Waals surface area contributed by atoms with E-state index in [0.717, 1.165) is 42.3 Å². The van der Waals surface area contributed by atoms with Crippen molar-refractivity contribution in [3.8, 4) is 0 Å². The molecule has 0 aliphatic carbocycles. The summed E-state index contributed by atoms with van der Waals surface area (Å²) in [6.07, 6.45) is 1.32. The number of anilines is 1. The zero-order valence-electron chi connectivity index (χ0n) is 15.5. The lowest BCUT2D eigenvalue weighted by Gasteiger charge is -2.16. The van der Waals surface area contributed by atoms with Gasteiger partial charge in [0.2, 0.25) is 5.91 Å². The zero-order valence-corrected chi connectivity index (χ0v) is 16.4. The van der Waals surface area contributed by atoms with E-state index < -0.39 is 5.97 Å². The molecule has 1 amide bonds. The normalized spacial score (nSPS) is 16.2. The average Bonchev–Trinajstić information content (AvgIpc) is 3.17. The van der Waals surface area contributed by atoms with E-state index in [1.807, 2.05) is 46.8 Å². The van der Waals surface area contributed by atoms with Crippen LogP contribution in [0, 0.1) is 5.92 Å². The Labute approximate surface area is 162 Å². The molecule has 9 heteroatoms. The number of benzene rings is 1. The van der Waals surface area contributed by atoms with Crippen molar-refractivity contribution in [2.75, 3.05) is 23.7 Å². The molecule has 3 N–H and O–H groups in total. The Morgan fingerprint density at radius 3 is 2.63 bits per heavy atom. The number of nitrogens with zero attached hydrogens (tertiary/aromatic N) is 4. The molecular weight excluding hydrogens is 366 g/mol. The minimum absolute atomic E-state index is 0.198. The highest BCUT2D eigenvalue weighted by molar-refractivity contribution is 7.99. The van der Waals surface area contributed by atoms with Gasteiger partial charge in [-0.2, -0.15) is 0 Å². The van der Waals surface area contributed by atoms with Gasteiger partial charge in [-0.05, 0) is 24.6 Å². The molecular formula is C18H25N5O3S. The molecule has 8 nitrogen and oxygen atoms in total. The van der Waals surface area contributed by atoms with E-state index in [2.05, 4.69) is 10.2 Å². The second-order valence-electron chi connectivity index (χ2n) is 6.24. The highest BCUT2D eigenvalue weighted by atomic mass is 32.2. The summed E-state index contributed by atoms with van der Waals surface area (Å²) in [6, 6.07) is 9.85. The maximum absolute atomic E-state index is 12.2. The molecule has 0 bridgehead atoms. The molecule has 0 spiro atoms. The summed E-state index contributed by atoms with van der Waals surface area (Å²) in [5.41, 5.74) is 6.55. The van der Waals surface area contributed by atoms with Crippen molar-refractivity contribution in [1.82, 2.24) is 14.8 Å². The van der Waals surface area contributed by atoms with Gasteiger partial charge in [-0.1, -0.05) is 30.0 Å². The minimum Gasteiger partial charge on any atom is -0.481 e. The van der Waals surface area contributed by atoms with Gasteiger partial charge in [0.15, 0.2) is 5.16 Å². The number of aliphatic carboxylic acids is 1. The quantitative estimate of drug-likeness (QED) is 0.718. The summed E-state index contributed by atoms with van der Waals surface area (Å²) >= 11 is 1.66. The Morgan fingerprint density at radius 1 is 1.33 bits per heavy atom. The monoisotopic (exact) mass is 391 g/mol. The molecule has 1 unspecified atom stereocenters. The van der Waals surface area contributed by atoms with E-state index >= 15 is 0 Å². The number of rotatable bonds is 6. The summed E-state index contributed by atoms with van der Waals surface area (Å²) in [5.74, 6) is 1.47. The molecule has 2 aromatic rings. The molecule has 27 heavy (non-hydrogen) atoms. The number of para-hydroxylation sites is 1. The second kappa shape index (κ2) is 10.1.